The molecule has 0 radical (unpaired) electrons. The summed E-state index contributed by atoms with van der Waals surface area (Å²) in [6, 6.07) is 9.21. The van der Waals surface area contributed by atoms with Gasteiger partial charge in [-0.15, -0.1) is 0 Å². The molecule has 1 fully saturated rings. The molecule has 0 saturated carbocycles. The molecule has 1 aliphatic heterocycles. The first-order valence-electron chi connectivity index (χ1n) is 7.92. The molecule has 1 N–H and O–H groups in total. The van der Waals surface area contributed by atoms with Crippen LogP contribution in [-0.4, -0.2) is 56.6 Å². The minimum Gasteiger partial charge on any atom is -0.313 e. The van der Waals surface area contributed by atoms with E-state index in [9.17, 15) is 0 Å². The SMILES string of the molecule is CNC(CCN1CCCC1CN(C)C)c1ccccc1Cl. The van der Waals surface area contributed by atoms with Crippen LogP contribution in [0.4, 0.5) is 0 Å². The number of likely N-dealkylation sites (N-methyl/N-ethyl adjacent to an activating group) is 1. The molecule has 118 valence electrons. The summed E-state index contributed by atoms with van der Waals surface area (Å²) < 4.78 is 0. The van der Waals surface area contributed by atoms with E-state index in [2.05, 4.69) is 41.3 Å². The van der Waals surface area contributed by atoms with Crippen molar-refractivity contribution in [2.75, 3.05) is 40.8 Å². The van der Waals surface area contributed by atoms with Gasteiger partial charge in [0.25, 0.3) is 0 Å². The molecule has 1 aliphatic rings. The molecular weight excluding hydrogens is 282 g/mol. The van der Waals surface area contributed by atoms with E-state index in [0.717, 1.165) is 24.5 Å². The maximum Gasteiger partial charge on any atom is 0.0453 e. The molecule has 21 heavy (non-hydrogen) atoms. The van der Waals surface area contributed by atoms with E-state index in [1.165, 1.54) is 24.9 Å². The summed E-state index contributed by atoms with van der Waals surface area (Å²) >= 11 is 6.33. The van der Waals surface area contributed by atoms with Crippen LogP contribution in [0.3, 0.4) is 0 Å². The zero-order chi connectivity index (χ0) is 15.2. The van der Waals surface area contributed by atoms with Crippen molar-refractivity contribution in [3.8, 4) is 0 Å². The highest BCUT2D eigenvalue weighted by Crippen LogP contribution is 2.26. The summed E-state index contributed by atoms with van der Waals surface area (Å²) in [6.07, 6.45) is 3.76. The third kappa shape index (κ3) is 4.68. The second-order valence-electron chi connectivity index (χ2n) is 6.25. The van der Waals surface area contributed by atoms with Crippen LogP contribution < -0.4 is 5.32 Å². The normalized spacial score (nSPS) is 21.1. The van der Waals surface area contributed by atoms with E-state index in [1.54, 1.807) is 0 Å². The van der Waals surface area contributed by atoms with Crippen LogP contribution in [0.25, 0.3) is 0 Å². The summed E-state index contributed by atoms with van der Waals surface area (Å²) in [7, 11) is 6.35. The molecule has 1 aromatic carbocycles. The van der Waals surface area contributed by atoms with E-state index in [0.29, 0.717) is 12.1 Å². The van der Waals surface area contributed by atoms with E-state index in [4.69, 9.17) is 11.6 Å². The largest absolute Gasteiger partial charge is 0.313 e. The van der Waals surface area contributed by atoms with Crippen molar-refractivity contribution in [3.63, 3.8) is 0 Å². The smallest absolute Gasteiger partial charge is 0.0453 e. The predicted molar refractivity (Wildman–Crippen MR) is 91.0 cm³/mol. The van der Waals surface area contributed by atoms with Crippen molar-refractivity contribution in [1.29, 1.82) is 0 Å². The molecule has 1 heterocycles. The van der Waals surface area contributed by atoms with Gasteiger partial charge in [0, 0.05) is 30.2 Å². The van der Waals surface area contributed by atoms with Gasteiger partial charge in [-0.05, 0) is 58.6 Å². The fourth-order valence-corrected chi connectivity index (χ4v) is 3.59. The molecule has 0 aliphatic carbocycles. The van der Waals surface area contributed by atoms with E-state index in [-0.39, 0.29) is 0 Å². The van der Waals surface area contributed by atoms with Crippen LogP contribution in [0.5, 0.6) is 0 Å². The fourth-order valence-electron chi connectivity index (χ4n) is 3.33. The van der Waals surface area contributed by atoms with Crippen molar-refractivity contribution in [1.82, 2.24) is 15.1 Å². The average Bonchev–Trinajstić information content (AvgIpc) is 2.88. The third-order valence-corrected chi connectivity index (χ3v) is 4.75. The molecular formula is C17H28ClN3. The maximum absolute atomic E-state index is 6.33. The molecule has 3 nitrogen and oxygen atoms in total. The highest BCUT2D eigenvalue weighted by molar-refractivity contribution is 6.31. The van der Waals surface area contributed by atoms with Gasteiger partial charge in [0.05, 0.1) is 0 Å². The average molecular weight is 310 g/mol. The summed E-state index contributed by atoms with van der Waals surface area (Å²) in [5.41, 5.74) is 1.21. The van der Waals surface area contributed by atoms with Crippen molar-refractivity contribution < 1.29 is 0 Å². The molecule has 2 unspecified atom stereocenters. The molecule has 2 rings (SSSR count). The number of nitrogens with zero attached hydrogens (tertiary/aromatic N) is 2. The number of hydrogen-bond donors (Lipinski definition) is 1. The van der Waals surface area contributed by atoms with Crippen LogP contribution in [0.1, 0.15) is 30.9 Å². The van der Waals surface area contributed by atoms with Crippen LogP contribution in [0.15, 0.2) is 24.3 Å². The number of benzene rings is 1. The second-order valence-corrected chi connectivity index (χ2v) is 6.65. The lowest BCUT2D eigenvalue weighted by Gasteiger charge is -2.29. The molecule has 0 aromatic heterocycles. The van der Waals surface area contributed by atoms with Crippen LogP contribution in [0, 0.1) is 0 Å². The van der Waals surface area contributed by atoms with Gasteiger partial charge >= 0.3 is 0 Å². The first kappa shape index (κ1) is 16.8. The van der Waals surface area contributed by atoms with Crippen molar-refractivity contribution in [2.24, 2.45) is 0 Å². The number of nitrogens with one attached hydrogen (secondary N) is 1. The van der Waals surface area contributed by atoms with Gasteiger partial charge in [-0.1, -0.05) is 29.8 Å². The van der Waals surface area contributed by atoms with E-state index < -0.39 is 0 Å². The van der Waals surface area contributed by atoms with E-state index >= 15 is 0 Å². The second kappa shape index (κ2) is 8.14. The Morgan fingerprint density at radius 1 is 1.38 bits per heavy atom. The maximum atomic E-state index is 6.33. The summed E-state index contributed by atoms with van der Waals surface area (Å²) in [6.45, 7) is 3.53. The van der Waals surface area contributed by atoms with Crippen LogP contribution >= 0.6 is 11.6 Å². The molecule has 0 amide bonds. The molecule has 1 saturated heterocycles. The summed E-state index contributed by atoms with van der Waals surface area (Å²) in [4.78, 5) is 4.94. The lowest BCUT2D eigenvalue weighted by molar-refractivity contribution is 0.200. The van der Waals surface area contributed by atoms with Gasteiger partial charge < -0.3 is 10.2 Å². The quantitative estimate of drug-likeness (QED) is 0.835. The highest BCUT2D eigenvalue weighted by atomic mass is 35.5. The van der Waals surface area contributed by atoms with Crippen molar-refractivity contribution >= 4 is 11.6 Å². The Kier molecular flexibility index (Phi) is 6.49. The van der Waals surface area contributed by atoms with Gasteiger partial charge in [0.15, 0.2) is 0 Å². The molecule has 1 aromatic rings. The molecule has 0 spiro atoms. The van der Waals surface area contributed by atoms with Crippen molar-refractivity contribution in [2.45, 2.75) is 31.3 Å². The first-order valence-corrected chi connectivity index (χ1v) is 8.30. The Labute approximate surface area is 134 Å². The fraction of sp³-hybridized carbons (Fsp3) is 0.647. The number of hydrogen-bond acceptors (Lipinski definition) is 3. The minimum absolute atomic E-state index is 0.333. The summed E-state index contributed by atoms with van der Waals surface area (Å²) in [5.74, 6) is 0. The molecule has 4 heteroatoms. The highest BCUT2D eigenvalue weighted by Gasteiger charge is 2.25. The number of rotatable bonds is 7. The molecule has 0 bridgehead atoms. The molecule has 2 atom stereocenters. The topological polar surface area (TPSA) is 18.5 Å². The minimum atomic E-state index is 0.333. The number of likely N-dealkylation sites (tertiary alicyclic amines) is 1. The summed E-state index contributed by atoms with van der Waals surface area (Å²) in [5, 5.41) is 4.28. The third-order valence-electron chi connectivity index (χ3n) is 4.41. The van der Waals surface area contributed by atoms with Crippen LogP contribution in [-0.2, 0) is 0 Å². The predicted octanol–water partition coefficient (Wildman–Crippen LogP) is 3.02. The van der Waals surface area contributed by atoms with Gasteiger partial charge in [0.2, 0.25) is 0 Å². The lowest BCUT2D eigenvalue weighted by atomic mass is 10.0. The zero-order valence-corrected chi connectivity index (χ0v) is 14.2. The number of halogens is 1. The lowest BCUT2D eigenvalue weighted by Crippen LogP contribution is -2.39. The monoisotopic (exact) mass is 309 g/mol. The Balaban J connectivity index is 1.92. The zero-order valence-electron chi connectivity index (χ0n) is 13.5. The van der Waals surface area contributed by atoms with Gasteiger partial charge in [-0.2, -0.15) is 0 Å². The van der Waals surface area contributed by atoms with Crippen molar-refractivity contribution in [3.05, 3.63) is 34.9 Å². The van der Waals surface area contributed by atoms with Gasteiger partial charge in [-0.25, -0.2) is 0 Å². The standard InChI is InChI=1S/C17H28ClN3/c1-19-17(15-8-4-5-9-16(15)18)10-12-21-11-6-7-14(21)13-20(2)3/h4-5,8-9,14,17,19H,6-7,10-13H2,1-3H3. The Hall–Kier alpha value is -0.610. The Bertz CT molecular complexity index is 436. The van der Waals surface area contributed by atoms with E-state index in [1.807, 2.05) is 19.2 Å². The van der Waals surface area contributed by atoms with Gasteiger partial charge in [-0.3, -0.25) is 4.90 Å². The Morgan fingerprint density at radius 3 is 2.81 bits per heavy atom. The first-order chi connectivity index (χ1) is 10.1. The van der Waals surface area contributed by atoms with Gasteiger partial charge in [0.1, 0.15) is 0 Å². The Morgan fingerprint density at radius 2 is 2.14 bits per heavy atom. The van der Waals surface area contributed by atoms with Crippen LogP contribution in [0.2, 0.25) is 5.02 Å².